The first-order valence-electron chi connectivity index (χ1n) is 11.6. The maximum Gasteiger partial charge on any atom is 0.471 e. The number of carbonyl (C=O) groups is 3. The zero-order chi connectivity index (χ0) is 28.2. The number of hydrogen-bond acceptors (Lipinski definition) is 6. The van der Waals surface area contributed by atoms with Crippen LogP contribution in [0.2, 0.25) is 0 Å². The summed E-state index contributed by atoms with van der Waals surface area (Å²) in [6.45, 7) is 0.340. The quantitative estimate of drug-likeness (QED) is 0.284. The molecule has 0 saturated heterocycles. The van der Waals surface area contributed by atoms with E-state index in [9.17, 15) is 32.3 Å². The number of nitrogens with zero attached hydrogens (tertiary/aromatic N) is 1. The van der Waals surface area contributed by atoms with Crippen molar-refractivity contribution in [1.82, 2.24) is 9.88 Å². The molecule has 8 nitrogen and oxygen atoms in total. The molecule has 1 unspecified atom stereocenters. The largest absolute Gasteiger partial charge is 0.492 e. The molecule has 39 heavy (non-hydrogen) atoms. The lowest BCUT2D eigenvalue weighted by Crippen LogP contribution is -2.47. The number of aliphatic carboxylic acids is 1. The number of benzene rings is 3. The minimum Gasteiger partial charge on any atom is -0.492 e. The second kappa shape index (κ2) is 11.5. The van der Waals surface area contributed by atoms with Crippen molar-refractivity contribution in [3.05, 3.63) is 99.2 Å². The fraction of sp³-hybridized carbons (Fsp3) is 0.185. The van der Waals surface area contributed by atoms with Gasteiger partial charge >= 0.3 is 22.9 Å². The van der Waals surface area contributed by atoms with Crippen molar-refractivity contribution in [1.29, 1.82) is 0 Å². The van der Waals surface area contributed by atoms with Crippen LogP contribution in [0.25, 0.3) is 10.2 Å². The number of thiazole rings is 1. The van der Waals surface area contributed by atoms with Gasteiger partial charge in [-0.05, 0) is 35.9 Å². The Labute approximate surface area is 223 Å². The van der Waals surface area contributed by atoms with Gasteiger partial charge in [-0.25, -0.2) is 4.79 Å². The SMILES string of the molecule is O=C(c1ccccc1)c1ccc2c(c1)sc(=O)n2CCOc1ccc(CC(NC(=O)C(F)(F)F)C(=O)O)cc1. The van der Waals surface area contributed by atoms with E-state index in [1.165, 1.54) is 34.1 Å². The molecule has 1 heterocycles. The zero-order valence-corrected chi connectivity index (χ0v) is 20.9. The molecule has 1 amide bonds. The lowest BCUT2D eigenvalue weighted by Gasteiger charge is -2.16. The van der Waals surface area contributed by atoms with Crippen molar-refractivity contribution in [3.63, 3.8) is 0 Å². The van der Waals surface area contributed by atoms with Crippen LogP contribution in [0.15, 0.2) is 77.6 Å². The van der Waals surface area contributed by atoms with E-state index in [4.69, 9.17) is 9.84 Å². The van der Waals surface area contributed by atoms with Crippen LogP contribution in [0.3, 0.4) is 0 Å². The Morgan fingerprint density at radius 2 is 1.67 bits per heavy atom. The summed E-state index contributed by atoms with van der Waals surface area (Å²) in [7, 11) is 0. The fourth-order valence-corrected chi connectivity index (χ4v) is 4.78. The van der Waals surface area contributed by atoms with Crippen molar-refractivity contribution >= 4 is 39.2 Å². The van der Waals surface area contributed by atoms with Crippen LogP contribution in [0, 0.1) is 0 Å². The van der Waals surface area contributed by atoms with E-state index in [1.54, 1.807) is 42.5 Å². The summed E-state index contributed by atoms with van der Waals surface area (Å²) < 4.78 is 45.2. The first-order valence-corrected chi connectivity index (χ1v) is 12.4. The Balaban J connectivity index is 1.37. The molecule has 1 aromatic heterocycles. The van der Waals surface area contributed by atoms with Crippen LogP contribution in [-0.2, 0) is 22.6 Å². The topological polar surface area (TPSA) is 115 Å². The van der Waals surface area contributed by atoms with E-state index < -0.39 is 24.1 Å². The third-order valence-electron chi connectivity index (χ3n) is 5.77. The molecule has 0 fully saturated rings. The average molecular weight is 559 g/mol. The number of alkyl halides is 3. The number of amides is 1. The summed E-state index contributed by atoms with van der Waals surface area (Å²) in [6.07, 6.45) is -5.55. The van der Waals surface area contributed by atoms with Crippen molar-refractivity contribution in [2.24, 2.45) is 0 Å². The second-order valence-corrected chi connectivity index (χ2v) is 9.45. The molecule has 1 atom stereocenters. The number of hydrogen-bond donors (Lipinski definition) is 2. The van der Waals surface area contributed by atoms with Crippen molar-refractivity contribution in [2.75, 3.05) is 6.61 Å². The smallest absolute Gasteiger partial charge is 0.471 e. The highest BCUT2D eigenvalue weighted by Crippen LogP contribution is 2.22. The van der Waals surface area contributed by atoms with Crippen LogP contribution in [0.1, 0.15) is 21.5 Å². The number of carboxylic acid groups (broad SMARTS) is 1. The lowest BCUT2D eigenvalue weighted by molar-refractivity contribution is -0.175. The van der Waals surface area contributed by atoms with Crippen LogP contribution in [0.4, 0.5) is 13.2 Å². The van der Waals surface area contributed by atoms with E-state index in [2.05, 4.69) is 0 Å². The molecule has 0 bridgehead atoms. The van der Waals surface area contributed by atoms with Gasteiger partial charge in [0.1, 0.15) is 18.4 Å². The molecular formula is C27H21F3N2O6S. The van der Waals surface area contributed by atoms with Gasteiger partial charge in [0.2, 0.25) is 0 Å². The molecule has 0 saturated carbocycles. The van der Waals surface area contributed by atoms with Crippen LogP contribution in [0.5, 0.6) is 5.75 Å². The molecule has 202 valence electrons. The standard InChI is InChI=1S/C27H21F3N2O6S/c28-27(29,30)25(36)31-20(24(34)35)14-16-6-9-19(10-7-16)38-13-12-32-21-11-8-18(15-22(21)39-26(32)37)23(33)17-4-2-1-3-5-17/h1-11,15,20H,12-14H2,(H,31,36)(H,34,35). The summed E-state index contributed by atoms with van der Waals surface area (Å²) in [5, 5.41) is 10.6. The summed E-state index contributed by atoms with van der Waals surface area (Å²) in [4.78, 5) is 47.4. The number of ether oxygens (including phenoxy) is 1. The highest BCUT2D eigenvalue weighted by Gasteiger charge is 2.40. The number of ketones is 1. The summed E-state index contributed by atoms with van der Waals surface area (Å²) >= 11 is 1.02. The van der Waals surface area contributed by atoms with Crippen LogP contribution < -0.4 is 14.9 Å². The minimum absolute atomic E-state index is 0.120. The van der Waals surface area contributed by atoms with Gasteiger partial charge in [-0.2, -0.15) is 13.2 Å². The second-order valence-electron chi connectivity index (χ2n) is 8.46. The monoisotopic (exact) mass is 558 g/mol. The number of halogens is 3. The maximum absolute atomic E-state index is 12.7. The van der Waals surface area contributed by atoms with Gasteiger partial charge in [0.25, 0.3) is 0 Å². The predicted molar refractivity (Wildman–Crippen MR) is 137 cm³/mol. The van der Waals surface area contributed by atoms with Crippen molar-refractivity contribution < 1.29 is 37.4 Å². The maximum atomic E-state index is 12.7. The first-order chi connectivity index (χ1) is 18.5. The minimum atomic E-state index is -5.19. The molecule has 12 heteroatoms. The van der Waals surface area contributed by atoms with Gasteiger partial charge in [0.15, 0.2) is 5.78 Å². The number of carbonyl (C=O) groups excluding carboxylic acids is 2. The lowest BCUT2D eigenvalue weighted by atomic mass is 10.0. The van der Waals surface area contributed by atoms with E-state index >= 15 is 0 Å². The van der Waals surface area contributed by atoms with Gasteiger partial charge in [-0.15, -0.1) is 0 Å². The molecule has 0 spiro atoms. The third kappa shape index (κ3) is 6.71. The van der Waals surface area contributed by atoms with E-state index in [0.717, 1.165) is 11.3 Å². The number of aromatic nitrogens is 1. The predicted octanol–water partition coefficient (Wildman–Crippen LogP) is 4.05. The van der Waals surface area contributed by atoms with Gasteiger partial charge in [0.05, 0.1) is 16.8 Å². The molecule has 0 aliphatic carbocycles. The number of carboxylic acids is 1. The number of fused-ring (bicyclic) bond motifs is 1. The molecule has 0 aliphatic heterocycles. The molecule has 2 N–H and O–H groups in total. The molecule has 4 rings (SSSR count). The van der Waals surface area contributed by atoms with Gasteiger partial charge < -0.3 is 15.2 Å². The van der Waals surface area contributed by atoms with Gasteiger partial charge in [-0.1, -0.05) is 53.8 Å². The van der Waals surface area contributed by atoms with Gasteiger partial charge in [0, 0.05) is 17.5 Å². The van der Waals surface area contributed by atoms with Crippen LogP contribution in [-0.4, -0.2) is 46.2 Å². The Morgan fingerprint density at radius 3 is 2.31 bits per heavy atom. The van der Waals surface area contributed by atoms with Gasteiger partial charge in [-0.3, -0.25) is 19.0 Å². The van der Waals surface area contributed by atoms with E-state index in [-0.39, 0.29) is 30.2 Å². The van der Waals surface area contributed by atoms with Crippen molar-refractivity contribution in [2.45, 2.75) is 25.2 Å². The normalized spacial score (nSPS) is 12.2. The Hall–Kier alpha value is -4.45. The molecule has 0 radical (unpaired) electrons. The number of rotatable bonds is 10. The fourth-order valence-electron chi connectivity index (χ4n) is 3.83. The summed E-state index contributed by atoms with van der Waals surface area (Å²) in [5.74, 6) is -3.68. The first kappa shape index (κ1) is 27.6. The molecule has 4 aromatic rings. The van der Waals surface area contributed by atoms with E-state index in [0.29, 0.717) is 32.7 Å². The molecular weight excluding hydrogens is 537 g/mol. The Bertz CT molecular complexity index is 1560. The van der Waals surface area contributed by atoms with Crippen LogP contribution >= 0.6 is 11.3 Å². The Kier molecular flexibility index (Phi) is 8.15. The Morgan fingerprint density at radius 1 is 0.974 bits per heavy atom. The molecule has 3 aromatic carbocycles. The third-order valence-corrected chi connectivity index (χ3v) is 6.72. The van der Waals surface area contributed by atoms with E-state index in [1.807, 2.05) is 6.07 Å². The summed E-state index contributed by atoms with van der Waals surface area (Å²) in [6, 6.07) is 18.1. The average Bonchev–Trinajstić information content (AvgIpc) is 3.22. The highest BCUT2D eigenvalue weighted by molar-refractivity contribution is 7.16. The van der Waals surface area contributed by atoms with Crippen molar-refractivity contribution in [3.8, 4) is 5.75 Å². The number of nitrogens with one attached hydrogen (secondary N) is 1. The molecule has 0 aliphatic rings. The highest BCUT2D eigenvalue weighted by atomic mass is 32.1. The zero-order valence-electron chi connectivity index (χ0n) is 20.1. The summed E-state index contributed by atoms with van der Waals surface area (Å²) in [5.41, 5.74) is 2.06.